The standard InChI is InChI=1S/C24H20.C24H18.2ClH.Zr/c2*1-16-13-17-7-6-8-18(23(17)14-16)15-24-21-11-4-2-9-19(21)20-10-3-5-12-22(20)24;;;/h2-13,24H,14-15H2,1H3;2-14H,15H2,1H3;2*1H;/q;-2;;;+2/p-2. The Bertz CT molecular complexity index is 2450. The molecule has 2 aliphatic carbocycles. The van der Waals surface area contributed by atoms with Crippen molar-refractivity contribution >= 4 is 55.4 Å². The number of fused-ring (bicyclic) bond motifs is 8. The molecule has 0 atom stereocenters. The molecule has 250 valence electrons. The number of hydrogen-bond donors (Lipinski definition) is 0. The molecule has 2 aliphatic rings. The van der Waals surface area contributed by atoms with Gasteiger partial charge in [0.05, 0.1) is 0 Å². The Morgan fingerprint density at radius 3 is 1.90 bits per heavy atom. The molecule has 0 aromatic heterocycles. The normalized spacial score (nSPS) is 12.8. The van der Waals surface area contributed by atoms with E-state index in [-0.39, 0.29) is 0 Å². The van der Waals surface area contributed by atoms with Crippen LogP contribution in [0.15, 0.2) is 151 Å². The fraction of sp³-hybridized carbons (Fsp3) is 0.125. The second kappa shape index (κ2) is 14.9. The minimum absolute atomic E-state index is 0.477. The topological polar surface area (TPSA) is 0 Å². The van der Waals surface area contributed by atoms with Crippen molar-refractivity contribution in [2.45, 2.75) is 39.0 Å². The van der Waals surface area contributed by atoms with Gasteiger partial charge in [-0.1, -0.05) is 134 Å². The van der Waals surface area contributed by atoms with E-state index in [2.05, 4.69) is 166 Å². The van der Waals surface area contributed by atoms with Crippen LogP contribution in [-0.4, -0.2) is 0 Å². The molecule has 3 heteroatoms. The zero-order chi connectivity index (χ0) is 34.9. The van der Waals surface area contributed by atoms with Crippen LogP contribution in [0.25, 0.3) is 49.5 Å². The van der Waals surface area contributed by atoms with Crippen LogP contribution in [0.1, 0.15) is 57.3 Å². The molecular weight excluding hydrogens is 739 g/mol. The molecule has 51 heavy (non-hydrogen) atoms. The Balaban J connectivity index is 0.000000136. The average Bonchev–Trinajstić information content (AvgIpc) is 3.90. The van der Waals surface area contributed by atoms with Gasteiger partial charge in [0.15, 0.2) is 0 Å². The maximum absolute atomic E-state index is 4.93. The molecule has 0 spiro atoms. The molecule has 0 radical (unpaired) electrons. The summed E-state index contributed by atoms with van der Waals surface area (Å²) in [4.78, 5) is 0. The fourth-order valence-electron chi connectivity index (χ4n) is 8.58. The Morgan fingerprint density at radius 1 is 0.667 bits per heavy atom. The van der Waals surface area contributed by atoms with Crippen molar-refractivity contribution in [1.82, 2.24) is 0 Å². The van der Waals surface area contributed by atoms with Crippen molar-refractivity contribution in [3.8, 4) is 11.1 Å². The van der Waals surface area contributed by atoms with E-state index < -0.39 is 20.8 Å². The first kappa shape index (κ1) is 34.1. The molecule has 0 nitrogen and oxygen atoms in total. The second-order valence-corrected chi connectivity index (χ2v) is 17.6. The number of benzene rings is 6. The Morgan fingerprint density at radius 2 is 1.24 bits per heavy atom. The average molecular weight is 777 g/mol. The summed E-state index contributed by atoms with van der Waals surface area (Å²) in [5.74, 6) is 0.477. The van der Waals surface area contributed by atoms with E-state index in [0.717, 1.165) is 19.3 Å². The maximum atomic E-state index is 4.93. The van der Waals surface area contributed by atoms with Crippen molar-refractivity contribution in [3.05, 3.63) is 196 Å². The van der Waals surface area contributed by atoms with Crippen LogP contribution >= 0.6 is 17.0 Å². The first-order valence-electron chi connectivity index (χ1n) is 17.7. The number of hydrogen-bond acceptors (Lipinski definition) is 0. The third-order valence-electron chi connectivity index (χ3n) is 10.7. The summed E-state index contributed by atoms with van der Waals surface area (Å²) in [6.07, 6.45) is 5.53. The van der Waals surface area contributed by atoms with Gasteiger partial charge in [-0.25, -0.2) is 0 Å². The number of rotatable bonds is 4. The van der Waals surface area contributed by atoms with Crippen LogP contribution in [0.5, 0.6) is 0 Å². The molecule has 0 N–H and O–H groups in total. The first-order chi connectivity index (χ1) is 25.0. The summed E-state index contributed by atoms with van der Waals surface area (Å²) in [6.45, 7) is 4.42. The van der Waals surface area contributed by atoms with Gasteiger partial charge in [-0.05, 0) is 58.7 Å². The van der Waals surface area contributed by atoms with Crippen molar-refractivity contribution in [1.29, 1.82) is 0 Å². The van der Waals surface area contributed by atoms with Crippen molar-refractivity contribution in [3.63, 3.8) is 0 Å². The summed E-state index contributed by atoms with van der Waals surface area (Å²) in [7, 11) is 9.87. The SMILES string of the molecule is CC1=Cc2cccc(CC3c4ccccc4-c4ccccc43)c2C1.Cc1cc2cccc(C[c-]3c4ccccc4c4ccccc43)c2[cH-]1.[Cl][Zr][Cl]. The Labute approximate surface area is 319 Å². The summed E-state index contributed by atoms with van der Waals surface area (Å²) >= 11 is -0.826. The molecule has 0 heterocycles. The zero-order valence-electron chi connectivity index (χ0n) is 28.9. The minimum atomic E-state index is -0.826. The molecule has 0 amide bonds. The molecular formula is C48H38Cl2Zr-2. The van der Waals surface area contributed by atoms with Gasteiger partial charge in [0.1, 0.15) is 0 Å². The summed E-state index contributed by atoms with van der Waals surface area (Å²) in [5, 5.41) is 8.26. The molecule has 0 fully saturated rings. The summed E-state index contributed by atoms with van der Waals surface area (Å²) in [6, 6.07) is 53.5. The monoisotopic (exact) mass is 774 g/mol. The van der Waals surface area contributed by atoms with Gasteiger partial charge in [0, 0.05) is 5.92 Å². The molecule has 0 saturated heterocycles. The van der Waals surface area contributed by atoms with Gasteiger partial charge in [-0.3, -0.25) is 0 Å². The molecule has 8 aromatic carbocycles. The van der Waals surface area contributed by atoms with Gasteiger partial charge in [0.25, 0.3) is 0 Å². The third kappa shape index (κ3) is 6.62. The number of halogens is 2. The van der Waals surface area contributed by atoms with E-state index in [4.69, 9.17) is 17.0 Å². The van der Waals surface area contributed by atoms with E-state index in [1.807, 2.05) is 0 Å². The molecule has 10 rings (SSSR count). The number of aryl methyl sites for hydroxylation is 1. The molecule has 0 bridgehead atoms. The van der Waals surface area contributed by atoms with Crippen LogP contribution in [-0.2, 0) is 40.1 Å². The van der Waals surface area contributed by atoms with E-state index in [9.17, 15) is 0 Å². The van der Waals surface area contributed by atoms with Gasteiger partial charge in [-0.2, -0.15) is 6.07 Å². The van der Waals surface area contributed by atoms with E-state index >= 15 is 0 Å². The van der Waals surface area contributed by atoms with E-state index in [1.165, 1.54) is 93.5 Å². The van der Waals surface area contributed by atoms with Crippen molar-refractivity contribution in [2.75, 3.05) is 0 Å². The van der Waals surface area contributed by atoms with Crippen LogP contribution in [0.2, 0.25) is 0 Å². The molecule has 0 saturated carbocycles. The van der Waals surface area contributed by atoms with Crippen molar-refractivity contribution in [2.24, 2.45) is 0 Å². The first-order valence-corrected chi connectivity index (χ1v) is 24.0. The van der Waals surface area contributed by atoms with Crippen LogP contribution < -0.4 is 0 Å². The Hall–Kier alpha value is -4.00. The molecule has 8 aromatic rings. The van der Waals surface area contributed by atoms with Crippen LogP contribution in [0, 0.1) is 6.92 Å². The van der Waals surface area contributed by atoms with Crippen molar-refractivity contribution < 1.29 is 20.8 Å². The fourth-order valence-corrected chi connectivity index (χ4v) is 8.58. The Kier molecular flexibility index (Phi) is 9.98. The molecule has 0 unspecified atom stereocenters. The van der Waals surface area contributed by atoms with E-state index in [1.54, 1.807) is 0 Å². The predicted molar refractivity (Wildman–Crippen MR) is 217 cm³/mol. The quantitative estimate of drug-likeness (QED) is 0.156. The third-order valence-corrected chi connectivity index (χ3v) is 10.7. The van der Waals surface area contributed by atoms with Gasteiger partial charge in [0.2, 0.25) is 0 Å². The molecule has 0 aliphatic heterocycles. The second-order valence-electron chi connectivity index (χ2n) is 13.9. The van der Waals surface area contributed by atoms with Gasteiger partial charge < -0.3 is 0 Å². The van der Waals surface area contributed by atoms with Gasteiger partial charge >= 0.3 is 37.9 Å². The predicted octanol–water partition coefficient (Wildman–Crippen LogP) is 13.9. The van der Waals surface area contributed by atoms with Crippen LogP contribution in [0.3, 0.4) is 0 Å². The van der Waals surface area contributed by atoms with Gasteiger partial charge in [-0.15, -0.1) is 79.3 Å². The number of allylic oxidation sites excluding steroid dienone is 1. The van der Waals surface area contributed by atoms with Crippen LogP contribution in [0.4, 0.5) is 0 Å². The summed E-state index contributed by atoms with van der Waals surface area (Å²) < 4.78 is 0. The van der Waals surface area contributed by atoms with E-state index in [0.29, 0.717) is 5.92 Å². The summed E-state index contributed by atoms with van der Waals surface area (Å²) in [5.41, 5.74) is 16.0. The zero-order valence-corrected chi connectivity index (χ0v) is 32.9.